The van der Waals surface area contributed by atoms with Gasteiger partial charge in [-0.2, -0.15) is 0 Å². The summed E-state index contributed by atoms with van der Waals surface area (Å²) in [7, 11) is 0. The molecule has 0 saturated heterocycles. The standard InChI is InChI=1S/C9H12ClNO2/c1-7(5-12)6-13-8-2-3-9(10)11-4-8/h2-4,7,12H,5-6H2,1H3. The van der Waals surface area contributed by atoms with Crippen LogP contribution in [0.2, 0.25) is 5.15 Å². The Labute approximate surface area is 82.3 Å². The van der Waals surface area contributed by atoms with E-state index >= 15 is 0 Å². The fourth-order valence-electron chi connectivity index (χ4n) is 0.739. The lowest BCUT2D eigenvalue weighted by molar-refractivity contribution is 0.174. The number of hydrogen-bond acceptors (Lipinski definition) is 3. The minimum Gasteiger partial charge on any atom is -0.492 e. The third-order valence-corrected chi connectivity index (χ3v) is 1.77. The summed E-state index contributed by atoms with van der Waals surface area (Å²) in [6.45, 7) is 2.52. The fourth-order valence-corrected chi connectivity index (χ4v) is 0.851. The lowest BCUT2D eigenvalue weighted by atomic mass is 10.2. The van der Waals surface area contributed by atoms with Crippen LogP contribution in [0.15, 0.2) is 18.3 Å². The van der Waals surface area contributed by atoms with E-state index in [0.29, 0.717) is 17.5 Å². The average Bonchev–Trinajstić information content (AvgIpc) is 2.16. The van der Waals surface area contributed by atoms with Crippen LogP contribution in [0.25, 0.3) is 0 Å². The summed E-state index contributed by atoms with van der Waals surface area (Å²) in [6.07, 6.45) is 1.56. The zero-order valence-electron chi connectivity index (χ0n) is 7.40. The Morgan fingerprint density at radius 1 is 1.62 bits per heavy atom. The van der Waals surface area contributed by atoms with Crippen molar-refractivity contribution in [2.75, 3.05) is 13.2 Å². The smallest absolute Gasteiger partial charge is 0.137 e. The Bertz CT molecular complexity index is 250. The van der Waals surface area contributed by atoms with E-state index in [2.05, 4.69) is 4.98 Å². The molecule has 13 heavy (non-hydrogen) atoms. The van der Waals surface area contributed by atoms with Gasteiger partial charge in [0.15, 0.2) is 0 Å². The summed E-state index contributed by atoms with van der Waals surface area (Å²) in [6, 6.07) is 3.42. The van der Waals surface area contributed by atoms with Gasteiger partial charge in [-0.05, 0) is 12.1 Å². The molecule has 1 unspecified atom stereocenters. The number of pyridine rings is 1. The number of aliphatic hydroxyl groups excluding tert-OH is 1. The van der Waals surface area contributed by atoms with E-state index in [9.17, 15) is 0 Å². The van der Waals surface area contributed by atoms with Gasteiger partial charge in [-0.3, -0.25) is 0 Å². The molecule has 0 aliphatic carbocycles. The molecule has 1 atom stereocenters. The van der Waals surface area contributed by atoms with Gasteiger partial charge < -0.3 is 9.84 Å². The molecule has 4 heteroatoms. The first-order valence-corrected chi connectivity index (χ1v) is 4.45. The predicted molar refractivity (Wildman–Crippen MR) is 51.0 cm³/mol. The van der Waals surface area contributed by atoms with E-state index in [-0.39, 0.29) is 12.5 Å². The van der Waals surface area contributed by atoms with Gasteiger partial charge in [0.1, 0.15) is 10.9 Å². The molecule has 1 aromatic rings. The minimum absolute atomic E-state index is 0.126. The number of hydrogen-bond donors (Lipinski definition) is 1. The maximum absolute atomic E-state index is 8.74. The van der Waals surface area contributed by atoms with Crippen LogP contribution in [0, 0.1) is 5.92 Å². The highest BCUT2D eigenvalue weighted by molar-refractivity contribution is 6.29. The highest BCUT2D eigenvalue weighted by Gasteiger charge is 2.01. The molecule has 0 aliphatic rings. The van der Waals surface area contributed by atoms with Crippen LogP contribution in [0.1, 0.15) is 6.92 Å². The molecule has 0 radical (unpaired) electrons. The van der Waals surface area contributed by atoms with E-state index in [0.717, 1.165) is 0 Å². The van der Waals surface area contributed by atoms with Gasteiger partial charge in [-0.15, -0.1) is 0 Å². The van der Waals surface area contributed by atoms with Crippen LogP contribution in [-0.4, -0.2) is 23.3 Å². The highest BCUT2D eigenvalue weighted by Crippen LogP contribution is 2.12. The van der Waals surface area contributed by atoms with E-state index < -0.39 is 0 Å². The van der Waals surface area contributed by atoms with E-state index in [4.69, 9.17) is 21.4 Å². The fraction of sp³-hybridized carbons (Fsp3) is 0.444. The zero-order chi connectivity index (χ0) is 9.68. The molecule has 3 nitrogen and oxygen atoms in total. The van der Waals surface area contributed by atoms with Gasteiger partial charge >= 0.3 is 0 Å². The predicted octanol–water partition coefficient (Wildman–Crippen LogP) is 1.74. The topological polar surface area (TPSA) is 42.4 Å². The Kier molecular flexibility index (Phi) is 3.99. The van der Waals surface area contributed by atoms with Gasteiger partial charge in [0, 0.05) is 12.5 Å². The first-order chi connectivity index (χ1) is 6.22. The third-order valence-electron chi connectivity index (χ3n) is 1.55. The summed E-state index contributed by atoms with van der Waals surface area (Å²) in [5.41, 5.74) is 0. The molecule has 1 N–H and O–H groups in total. The molecule has 0 spiro atoms. The summed E-state index contributed by atoms with van der Waals surface area (Å²) < 4.78 is 5.33. The SMILES string of the molecule is CC(CO)COc1ccc(Cl)nc1. The number of nitrogens with zero attached hydrogens (tertiary/aromatic N) is 1. The highest BCUT2D eigenvalue weighted by atomic mass is 35.5. The molecule has 0 bridgehead atoms. The van der Waals surface area contributed by atoms with Crippen molar-refractivity contribution in [1.29, 1.82) is 0 Å². The minimum atomic E-state index is 0.126. The van der Waals surface area contributed by atoms with Crippen LogP contribution < -0.4 is 4.74 Å². The lowest BCUT2D eigenvalue weighted by Gasteiger charge is -2.09. The molecule has 1 rings (SSSR count). The molecular formula is C9H12ClNO2. The molecule has 1 aromatic heterocycles. The normalized spacial score (nSPS) is 12.5. The van der Waals surface area contributed by atoms with E-state index in [1.54, 1.807) is 18.3 Å². The quantitative estimate of drug-likeness (QED) is 0.755. The van der Waals surface area contributed by atoms with Crippen LogP contribution in [-0.2, 0) is 0 Å². The molecule has 1 heterocycles. The molecule has 0 aromatic carbocycles. The molecular weight excluding hydrogens is 190 g/mol. The summed E-state index contributed by atoms with van der Waals surface area (Å²) in [5.74, 6) is 0.806. The van der Waals surface area contributed by atoms with Gasteiger partial charge in [0.2, 0.25) is 0 Å². The summed E-state index contributed by atoms with van der Waals surface area (Å²) in [4.78, 5) is 3.86. The second kappa shape index (κ2) is 5.04. The van der Waals surface area contributed by atoms with Crippen molar-refractivity contribution in [3.05, 3.63) is 23.5 Å². The summed E-state index contributed by atoms with van der Waals surface area (Å²) in [5, 5.41) is 9.19. The maximum atomic E-state index is 8.74. The number of ether oxygens (including phenoxy) is 1. The molecule has 0 fully saturated rings. The molecule has 0 saturated carbocycles. The van der Waals surface area contributed by atoms with Crippen molar-refractivity contribution in [3.63, 3.8) is 0 Å². The lowest BCUT2D eigenvalue weighted by Crippen LogP contribution is -2.12. The van der Waals surface area contributed by atoms with Crippen molar-refractivity contribution in [1.82, 2.24) is 4.98 Å². The van der Waals surface area contributed by atoms with Crippen LogP contribution >= 0.6 is 11.6 Å². The Morgan fingerprint density at radius 2 is 2.38 bits per heavy atom. The zero-order valence-corrected chi connectivity index (χ0v) is 8.16. The number of aliphatic hydroxyl groups is 1. The van der Waals surface area contributed by atoms with Crippen LogP contribution in [0.4, 0.5) is 0 Å². The van der Waals surface area contributed by atoms with E-state index in [1.165, 1.54) is 0 Å². The summed E-state index contributed by atoms with van der Waals surface area (Å²) >= 11 is 5.59. The second-order valence-electron chi connectivity index (χ2n) is 2.92. The van der Waals surface area contributed by atoms with E-state index in [1.807, 2.05) is 6.92 Å². The van der Waals surface area contributed by atoms with Gasteiger partial charge in [-0.1, -0.05) is 18.5 Å². The Balaban J connectivity index is 2.41. The van der Waals surface area contributed by atoms with Gasteiger partial charge in [0.05, 0.1) is 12.8 Å². The maximum Gasteiger partial charge on any atom is 0.137 e. The average molecular weight is 202 g/mol. The van der Waals surface area contributed by atoms with Crippen molar-refractivity contribution in [2.45, 2.75) is 6.92 Å². The van der Waals surface area contributed by atoms with Gasteiger partial charge in [0.25, 0.3) is 0 Å². The van der Waals surface area contributed by atoms with Crippen molar-refractivity contribution < 1.29 is 9.84 Å². The number of aromatic nitrogens is 1. The molecule has 0 amide bonds. The van der Waals surface area contributed by atoms with Crippen molar-refractivity contribution >= 4 is 11.6 Å². The molecule has 72 valence electrons. The van der Waals surface area contributed by atoms with Crippen molar-refractivity contribution in [2.24, 2.45) is 5.92 Å². The molecule has 0 aliphatic heterocycles. The number of halogens is 1. The largest absolute Gasteiger partial charge is 0.492 e. The van der Waals surface area contributed by atoms with Crippen molar-refractivity contribution in [3.8, 4) is 5.75 Å². The first kappa shape index (κ1) is 10.3. The monoisotopic (exact) mass is 201 g/mol. The number of rotatable bonds is 4. The third kappa shape index (κ3) is 3.61. The van der Waals surface area contributed by atoms with Gasteiger partial charge in [-0.25, -0.2) is 4.98 Å². The Morgan fingerprint density at radius 3 is 2.92 bits per heavy atom. The van der Waals surface area contributed by atoms with Crippen LogP contribution in [0.5, 0.6) is 5.75 Å². The van der Waals surface area contributed by atoms with Crippen LogP contribution in [0.3, 0.4) is 0 Å². The first-order valence-electron chi connectivity index (χ1n) is 4.07. The second-order valence-corrected chi connectivity index (χ2v) is 3.30. The Hall–Kier alpha value is -0.800.